The zero-order chi connectivity index (χ0) is 24.4. The molecule has 8 nitrogen and oxygen atoms in total. The molecular weight excluding hydrogens is 487 g/mol. The average molecular weight is 507 g/mol. The van der Waals surface area contributed by atoms with Crippen LogP contribution in [0.3, 0.4) is 0 Å². The van der Waals surface area contributed by atoms with Gasteiger partial charge in [-0.15, -0.1) is 0 Å². The summed E-state index contributed by atoms with van der Waals surface area (Å²) < 4.78 is 7.76. The van der Waals surface area contributed by atoms with E-state index in [1.54, 1.807) is 16.8 Å². The van der Waals surface area contributed by atoms with Gasteiger partial charge in [-0.05, 0) is 47.7 Å². The van der Waals surface area contributed by atoms with Gasteiger partial charge >= 0.3 is 0 Å². The Morgan fingerprint density at radius 1 is 1.09 bits per heavy atom. The third-order valence-electron chi connectivity index (χ3n) is 5.60. The minimum Gasteiger partial charge on any atom is -0.488 e. The molecule has 10 heteroatoms. The van der Waals surface area contributed by atoms with Crippen LogP contribution in [0.5, 0.6) is 5.75 Å². The van der Waals surface area contributed by atoms with Gasteiger partial charge < -0.3 is 15.4 Å². The quantitative estimate of drug-likeness (QED) is 0.359. The average Bonchev–Trinajstić information content (AvgIpc) is 3.31. The number of carbonyl (C=O) groups excluding carboxylic acids is 1. The number of benzene rings is 3. The maximum Gasteiger partial charge on any atom is 0.255 e. The van der Waals surface area contributed by atoms with Crippen LogP contribution in [-0.4, -0.2) is 26.1 Å². The topological polar surface area (TPSA) is 94.0 Å². The lowest BCUT2D eigenvalue weighted by Crippen LogP contribution is -2.31. The van der Waals surface area contributed by atoms with E-state index in [0.717, 1.165) is 11.1 Å². The summed E-state index contributed by atoms with van der Waals surface area (Å²) in [5.41, 5.74) is 3.30. The largest absolute Gasteiger partial charge is 0.488 e. The molecule has 0 saturated heterocycles. The highest BCUT2D eigenvalue weighted by molar-refractivity contribution is 6.35. The first-order valence-corrected chi connectivity index (χ1v) is 11.5. The number of halogens is 2. The van der Waals surface area contributed by atoms with Gasteiger partial charge in [0.05, 0.1) is 5.57 Å². The maximum absolute atomic E-state index is 13.5. The number of aromatic nitrogens is 4. The van der Waals surface area contributed by atoms with Crippen LogP contribution in [0.25, 0.3) is 0 Å². The van der Waals surface area contributed by atoms with E-state index in [1.165, 1.54) is 0 Å². The molecule has 0 spiro atoms. The number of anilines is 2. The Bertz CT molecular complexity index is 1420. The SMILES string of the molecule is CC1=C(C(=O)Nc2ccccc2)C(c2ccccc2OCc2ccc(Cl)cc2Cl)n2nnnc2N1. The third kappa shape index (κ3) is 4.71. The number of nitrogens with one attached hydrogen (secondary N) is 2. The Kier molecular flexibility index (Phi) is 6.39. The summed E-state index contributed by atoms with van der Waals surface area (Å²) in [6.07, 6.45) is 0. The van der Waals surface area contributed by atoms with Crippen molar-refractivity contribution in [3.63, 3.8) is 0 Å². The number of rotatable bonds is 6. The third-order valence-corrected chi connectivity index (χ3v) is 6.19. The molecule has 0 aliphatic carbocycles. The molecule has 5 rings (SSSR count). The van der Waals surface area contributed by atoms with Gasteiger partial charge in [-0.25, -0.2) is 0 Å². The summed E-state index contributed by atoms with van der Waals surface area (Å²) in [6, 6.07) is 21.4. The zero-order valence-corrected chi connectivity index (χ0v) is 20.1. The van der Waals surface area contributed by atoms with Crippen molar-refractivity contribution in [3.05, 3.63) is 105 Å². The lowest BCUT2D eigenvalue weighted by molar-refractivity contribution is -0.113. The minimum absolute atomic E-state index is 0.217. The summed E-state index contributed by atoms with van der Waals surface area (Å²) in [5, 5.41) is 19.2. The Hall–Kier alpha value is -3.88. The fourth-order valence-electron chi connectivity index (χ4n) is 3.95. The lowest BCUT2D eigenvalue weighted by atomic mass is 9.94. The molecule has 1 amide bonds. The van der Waals surface area contributed by atoms with Crippen molar-refractivity contribution < 1.29 is 9.53 Å². The van der Waals surface area contributed by atoms with Crippen LogP contribution < -0.4 is 15.4 Å². The summed E-state index contributed by atoms with van der Waals surface area (Å²) >= 11 is 12.4. The van der Waals surface area contributed by atoms with Gasteiger partial charge in [0.2, 0.25) is 5.95 Å². The van der Waals surface area contributed by atoms with Gasteiger partial charge in [0.1, 0.15) is 18.4 Å². The molecule has 1 aliphatic heterocycles. The predicted octanol–water partition coefficient (Wildman–Crippen LogP) is 5.49. The standard InChI is InChI=1S/C25H20Cl2N6O2/c1-15-22(24(34)29-18-7-3-2-4-8-18)23(33-25(28-15)30-31-32-33)19-9-5-6-10-21(19)35-14-16-11-12-17(26)13-20(16)27/h2-13,23H,14H2,1H3,(H,29,34)(H,28,30,32). The number of ether oxygens (including phenoxy) is 1. The van der Waals surface area contributed by atoms with Crippen molar-refractivity contribution in [1.82, 2.24) is 20.2 Å². The summed E-state index contributed by atoms with van der Waals surface area (Å²) in [7, 11) is 0. The lowest BCUT2D eigenvalue weighted by Gasteiger charge is -2.29. The zero-order valence-electron chi connectivity index (χ0n) is 18.6. The van der Waals surface area contributed by atoms with E-state index in [9.17, 15) is 4.79 Å². The second kappa shape index (κ2) is 9.77. The van der Waals surface area contributed by atoms with Crippen LogP contribution in [0.4, 0.5) is 11.6 Å². The van der Waals surface area contributed by atoms with E-state index < -0.39 is 6.04 Å². The molecule has 0 bridgehead atoms. The Labute approximate surface area is 211 Å². The normalized spacial score (nSPS) is 14.8. The van der Waals surface area contributed by atoms with E-state index in [2.05, 4.69) is 26.2 Å². The monoisotopic (exact) mass is 506 g/mol. The van der Waals surface area contributed by atoms with Crippen LogP contribution in [0.1, 0.15) is 24.1 Å². The highest BCUT2D eigenvalue weighted by atomic mass is 35.5. The molecule has 35 heavy (non-hydrogen) atoms. The molecule has 0 fully saturated rings. The van der Waals surface area contributed by atoms with Crippen LogP contribution in [0, 0.1) is 0 Å². The second-order valence-corrected chi connectivity index (χ2v) is 8.74. The molecule has 0 saturated carbocycles. The summed E-state index contributed by atoms with van der Waals surface area (Å²) in [6.45, 7) is 2.04. The number of amides is 1. The van der Waals surface area contributed by atoms with Crippen LogP contribution in [0.2, 0.25) is 10.0 Å². The van der Waals surface area contributed by atoms with Crippen LogP contribution in [-0.2, 0) is 11.4 Å². The Balaban J connectivity index is 1.52. The predicted molar refractivity (Wildman–Crippen MR) is 135 cm³/mol. The van der Waals surface area contributed by atoms with Gasteiger partial charge in [-0.3, -0.25) is 4.79 Å². The van der Waals surface area contributed by atoms with E-state index in [-0.39, 0.29) is 12.5 Å². The van der Waals surface area contributed by atoms with Gasteiger partial charge in [0.15, 0.2) is 0 Å². The van der Waals surface area contributed by atoms with Crippen molar-refractivity contribution in [2.24, 2.45) is 0 Å². The molecule has 4 aromatic rings. The van der Waals surface area contributed by atoms with Gasteiger partial charge in [-0.1, -0.05) is 70.8 Å². The molecule has 1 aromatic heterocycles. The maximum atomic E-state index is 13.5. The molecule has 1 atom stereocenters. The van der Waals surface area contributed by atoms with E-state index in [0.29, 0.717) is 38.7 Å². The molecule has 2 N–H and O–H groups in total. The fraction of sp³-hybridized carbons (Fsp3) is 0.120. The van der Waals surface area contributed by atoms with Crippen molar-refractivity contribution in [2.75, 3.05) is 10.6 Å². The first-order valence-electron chi connectivity index (χ1n) is 10.8. The smallest absolute Gasteiger partial charge is 0.255 e. The Morgan fingerprint density at radius 3 is 2.66 bits per heavy atom. The summed E-state index contributed by atoms with van der Waals surface area (Å²) in [4.78, 5) is 13.5. The highest BCUT2D eigenvalue weighted by Crippen LogP contribution is 2.39. The molecule has 0 radical (unpaired) electrons. The van der Waals surface area contributed by atoms with Crippen molar-refractivity contribution in [3.8, 4) is 5.75 Å². The number of allylic oxidation sites excluding steroid dienone is 1. The van der Waals surface area contributed by atoms with Crippen LogP contribution >= 0.6 is 23.2 Å². The van der Waals surface area contributed by atoms with Crippen molar-refractivity contribution >= 4 is 40.7 Å². The number of carbonyl (C=O) groups is 1. The number of hydrogen-bond donors (Lipinski definition) is 2. The minimum atomic E-state index is -0.623. The summed E-state index contributed by atoms with van der Waals surface area (Å²) in [5.74, 6) is 0.729. The van der Waals surface area contributed by atoms with E-state index in [1.807, 2.05) is 67.6 Å². The van der Waals surface area contributed by atoms with Gasteiger partial charge in [0, 0.05) is 32.6 Å². The second-order valence-electron chi connectivity index (χ2n) is 7.90. The molecule has 3 aromatic carbocycles. The highest BCUT2D eigenvalue weighted by Gasteiger charge is 2.35. The Morgan fingerprint density at radius 2 is 1.86 bits per heavy atom. The van der Waals surface area contributed by atoms with Crippen molar-refractivity contribution in [1.29, 1.82) is 0 Å². The molecule has 176 valence electrons. The number of fused-ring (bicyclic) bond motifs is 1. The van der Waals surface area contributed by atoms with Crippen molar-refractivity contribution in [2.45, 2.75) is 19.6 Å². The first-order chi connectivity index (χ1) is 17.0. The molecular formula is C25H20Cl2N6O2. The molecule has 1 unspecified atom stereocenters. The van der Waals surface area contributed by atoms with E-state index >= 15 is 0 Å². The fourth-order valence-corrected chi connectivity index (χ4v) is 4.41. The number of para-hydroxylation sites is 2. The van der Waals surface area contributed by atoms with Crippen LogP contribution in [0.15, 0.2) is 84.1 Å². The van der Waals surface area contributed by atoms with Gasteiger partial charge in [-0.2, -0.15) is 4.68 Å². The first kappa shape index (κ1) is 22.9. The number of hydrogen-bond acceptors (Lipinski definition) is 6. The number of tetrazole rings is 1. The van der Waals surface area contributed by atoms with E-state index in [4.69, 9.17) is 27.9 Å². The number of nitrogens with zero attached hydrogens (tertiary/aromatic N) is 4. The molecule has 2 heterocycles. The molecule has 1 aliphatic rings. The van der Waals surface area contributed by atoms with Gasteiger partial charge in [0.25, 0.3) is 5.91 Å².